The molecule has 0 fully saturated rings. The molecule has 0 N–H and O–H groups in total. The highest BCUT2D eigenvalue weighted by molar-refractivity contribution is 6.30. The van der Waals surface area contributed by atoms with Crippen LogP contribution in [0.15, 0.2) is 18.2 Å². The van der Waals surface area contributed by atoms with Crippen LogP contribution in [0.4, 0.5) is 0 Å². The highest BCUT2D eigenvalue weighted by atomic mass is 35.5. The average Bonchev–Trinajstić information content (AvgIpc) is 2.21. The van der Waals surface area contributed by atoms with Crippen molar-refractivity contribution in [2.75, 3.05) is 12.5 Å². The molecule has 0 saturated heterocycles. The van der Waals surface area contributed by atoms with Crippen LogP contribution in [-0.4, -0.2) is 12.5 Å². The lowest BCUT2D eigenvalue weighted by atomic mass is 9.98. The Morgan fingerprint density at radius 3 is 2.73 bits per heavy atom. The number of halogens is 2. The number of rotatable bonds is 5. The van der Waals surface area contributed by atoms with Crippen LogP contribution in [0.5, 0.6) is 5.75 Å². The molecule has 1 aromatic carbocycles. The lowest BCUT2D eigenvalue weighted by molar-refractivity contribution is 0.334. The molecule has 1 rings (SSSR count). The molecule has 1 atom stereocenters. The van der Waals surface area contributed by atoms with E-state index in [0.29, 0.717) is 18.4 Å². The fourth-order valence-corrected chi connectivity index (χ4v) is 2.02. The minimum Gasteiger partial charge on any atom is -0.494 e. The van der Waals surface area contributed by atoms with Crippen LogP contribution in [0.1, 0.15) is 31.7 Å². The minimum absolute atomic E-state index is 0.378. The van der Waals surface area contributed by atoms with E-state index in [1.165, 1.54) is 0 Å². The van der Waals surface area contributed by atoms with E-state index in [1.54, 1.807) is 0 Å². The molecule has 0 amide bonds. The summed E-state index contributed by atoms with van der Waals surface area (Å²) in [4.78, 5) is 0. The Labute approximate surface area is 101 Å². The molecule has 0 aliphatic rings. The van der Waals surface area contributed by atoms with Crippen LogP contribution in [0.3, 0.4) is 0 Å². The lowest BCUT2D eigenvalue weighted by Crippen LogP contribution is -2.01. The summed E-state index contributed by atoms with van der Waals surface area (Å²) in [5.41, 5.74) is 1.14. The summed E-state index contributed by atoms with van der Waals surface area (Å²) in [6.45, 7) is 4.78. The van der Waals surface area contributed by atoms with Crippen LogP contribution >= 0.6 is 23.2 Å². The lowest BCUT2D eigenvalue weighted by Gasteiger charge is -2.15. The highest BCUT2D eigenvalue weighted by Gasteiger charge is 2.11. The van der Waals surface area contributed by atoms with Gasteiger partial charge in [0.1, 0.15) is 5.75 Å². The predicted molar refractivity (Wildman–Crippen MR) is 66.4 cm³/mol. The average molecular weight is 247 g/mol. The molecular weight excluding hydrogens is 231 g/mol. The van der Waals surface area contributed by atoms with Gasteiger partial charge in [-0.2, -0.15) is 0 Å². The van der Waals surface area contributed by atoms with Gasteiger partial charge in [0, 0.05) is 10.9 Å². The molecule has 1 nitrogen and oxygen atoms in total. The molecule has 3 heteroatoms. The second-order valence-electron chi connectivity index (χ2n) is 3.49. The number of hydrogen-bond acceptors (Lipinski definition) is 1. The van der Waals surface area contributed by atoms with E-state index >= 15 is 0 Å². The van der Waals surface area contributed by atoms with E-state index in [0.717, 1.165) is 22.8 Å². The predicted octanol–water partition coefficient (Wildman–Crippen LogP) is 4.47. The summed E-state index contributed by atoms with van der Waals surface area (Å²) in [7, 11) is 0. The monoisotopic (exact) mass is 246 g/mol. The van der Waals surface area contributed by atoms with Crippen LogP contribution < -0.4 is 4.74 Å². The second kappa shape index (κ2) is 6.24. The van der Waals surface area contributed by atoms with E-state index in [4.69, 9.17) is 27.9 Å². The molecule has 1 aromatic rings. The Morgan fingerprint density at radius 2 is 2.13 bits per heavy atom. The molecule has 0 saturated carbocycles. The van der Waals surface area contributed by atoms with E-state index in [9.17, 15) is 0 Å². The van der Waals surface area contributed by atoms with Crippen molar-refractivity contribution in [3.63, 3.8) is 0 Å². The molecular formula is C12H16Cl2O. The third-order valence-corrected chi connectivity index (χ3v) is 2.80. The number of benzene rings is 1. The summed E-state index contributed by atoms with van der Waals surface area (Å²) in [5.74, 6) is 1.95. The zero-order chi connectivity index (χ0) is 11.3. The first kappa shape index (κ1) is 12.7. The van der Waals surface area contributed by atoms with Crippen LogP contribution in [-0.2, 0) is 0 Å². The van der Waals surface area contributed by atoms with Gasteiger partial charge in [0.25, 0.3) is 0 Å². The van der Waals surface area contributed by atoms with Gasteiger partial charge in [-0.15, -0.1) is 11.6 Å². The van der Waals surface area contributed by atoms with Crippen LogP contribution in [0.2, 0.25) is 5.02 Å². The van der Waals surface area contributed by atoms with Gasteiger partial charge in [-0.3, -0.25) is 0 Å². The molecule has 84 valence electrons. The molecule has 1 unspecified atom stereocenters. The van der Waals surface area contributed by atoms with Gasteiger partial charge < -0.3 is 4.74 Å². The molecule has 0 spiro atoms. The van der Waals surface area contributed by atoms with E-state index in [2.05, 4.69) is 6.92 Å². The Bertz CT molecular complexity index is 312. The fraction of sp³-hybridized carbons (Fsp3) is 0.500. The third kappa shape index (κ3) is 3.58. The second-order valence-corrected chi connectivity index (χ2v) is 4.31. The van der Waals surface area contributed by atoms with E-state index < -0.39 is 0 Å². The molecule has 0 aromatic heterocycles. The fourth-order valence-electron chi connectivity index (χ4n) is 1.51. The zero-order valence-electron chi connectivity index (χ0n) is 9.09. The van der Waals surface area contributed by atoms with Gasteiger partial charge in [-0.25, -0.2) is 0 Å². The smallest absolute Gasteiger partial charge is 0.122 e. The van der Waals surface area contributed by atoms with Gasteiger partial charge in [0.2, 0.25) is 0 Å². The van der Waals surface area contributed by atoms with Crippen molar-refractivity contribution in [1.82, 2.24) is 0 Å². The van der Waals surface area contributed by atoms with E-state index in [-0.39, 0.29) is 0 Å². The van der Waals surface area contributed by atoms with Crippen molar-refractivity contribution in [2.45, 2.75) is 26.2 Å². The van der Waals surface area contributed by atoms with Crippen molar-refractivity contribution in [1.29, 1.82) is 0 Å². The first-order valence-corrected chi connectivity index (χ1v) is 6.08. The zero-order valence-corrected chi connectivity index (χ0v) is 10.6. The van der Waals surface area contributed by atoms with Gasteiger partial charge in [-0.05, 0) is 43.0 Å². The van der Waals surface area contributed by atoms with E-state index in [1.807, 2.05) is 25.1 Å². The summed E-state index contributed by atoms with van der Waals surface area (Å²) in [6.07, 6.45) is 0.933. The van der Waals surface area contributed by atoms with Crippen LogP contribution in [0, 0.1) is 0 Å². The van der Waals surface area contributed by atoms with Crippen molar-refractivity contribution < 1.29 is 4.74 Å². The summed E-state index contributed by atoms with van der Waals surface area (Å²) < 4.78 is 5.56. The van der Waals surface area contributed by atoms with Crippen LogP contribution in [0.25, 0.3) is 0 Å². The Balaban J connectivity index is 2.95. The van der Waals surface area contributed by atoms with Gasteiger partial charge in [0.05, 0.1) is 6.61 Å². The first-order valence-electron chi connectivity index (χ1n) is 5.17. The normalized spacial score (nSPS) is 12.5. The number of ether oxygens (including phenoxy) is 1. The largest absolute Gasteiger partial charge is 0.494 e. The summed E-state index contributed by atoms with van der Waals surface area (Å²) >= 11 is 11.7. The maximum Gasteiger partial charge on any atom is 0.122 e. The van der Waals surface area contributed by atoms with Gasteiger partial charge in [-0.1, -0.05) is 18.5 Å². The third-order valence-electron chi connectivity index (χ3n) is 2.34. The van der Waals surface area contributed by atoms with Gasteiger partial charge >= 0.3 is 0 Å². The Hall–Kier alpha value is -0.400. The molecule has 0 bridgehead atoms. The minimum atomic E-state index is 0.378. The molecule has 15 heavy (non-hydrogen) atoms. The topological polar surface area (TPSA) is 9.23 Å². The SMILES string of the molecule is CCOc1ccc(Cl)cc1C(C)CCCl. The molecule has 0 heterocycles. The summed E-state index contributed by atoms with van der Waals surface area (Å²) in [5, 5.41) is 0.745. The molecule has 0 aliphatic heterocycles. The van der Waals surface area contributed by atoms with Crippen molar-refractivity contribution in [3.8, 4) is 5.75 Å². The molecule has 0 aliphatic carbocycles. The quantitative estimate of drug-likeness (QED) is 0.697. The number of alkyl halides is 1. The number of hydrogen-bond donors (Lipinski definition) is 0. The summed E-state index contributed by atoms with van der Waals surface area (Å²) in [6, 6.07) is 5.74. The van der Waals surface area contributed by atoms with Crippen molar-refractivity contribution in [3.05, 3.63) is 28.8 Å². The maximum atomic E-state index is 5.97. The van der Waals surface area contributed by atoms with Crippen molar-refractivity contribution >= 4 is 23.2 Å². The van der Waals surface area contributed by atoms with Gasteiger partial charge in [0.15, 0.2) is 0 Å². The van der Waals surface area contributed by atoms with Crippen molar-refractivity contribution in [2.24, 2.45) is 0 Å². The maximum absolute atomic E-state index is 5.97. The Kier molecular flexibility index (Phi) is 5.27. The highest BCUT2D eigenvalue weighted by Crippen LogP contribution is 2.31. The Morgan fingerprint density at radius 1 is 1.40 bits per heavy atom. The molecule has 0 radical (unpaired) electrons. The standard InChI is InChI=1S/C12H16Cl2O/c1-3-15-12-5-4-10(14)8-11(12)9(2)6-7-13/h4-5,8-9H,3,6-7H2,1-2H3. The first-order chi connectivity index (χ1) is 7.19.